The molecule has 3 heteroatoms. The summed E-state index contributed by atoms with van der Waals surface area (Å²) in [7, 11) is 0. The number of carbonyl (C=O) groups is 1. The van der Waals surface area contributed by atoms with Crippen LogP contribution in [0.3, 0.4) is 0 Å². The fourth-order valence-electron chi connectivity index (χ4n) is 1.60. The van der Waals surface area contributed by atoms with Crippen LogP contribution >= 0.6 is 0 Å². The second kappa shape index (κ2) is 5.82. The molecule has 94 valence electrons. The van der Waals surface area contributed by atoms with Crippen LogP contribution < -0.4 is 11.1 Å². The minimum absolute atomic E-state index is 0.0156. The number of rotatable bonds is 4. The van der Waals surface area contributed by atoms with Gasteiger partial charge in [0, 0.05) is 18.2 Å². The molecule has 0 heterocycles. The second-order valence-electron chi connectivity index (χ2n) is 4.98. The van der Waals surface area contributed by atoms with E-state index in [1.165, 1.54) is 5.56 Å². The van der Waals surface area contributed by atoms with E-state index in [1.54, 1.807) is 0 Å². The minimum Gasteiger partial charge on any atom is -0.327 e. The van der Waals surface area contributed by atoms with Crippen molar-refractivity contribution in [2.45, 2.75) is 40.2 Å². The number of hydrogen-bond donors (Lipinski definition) is 2. The number of anilines is 1. The molecule has 0 radical (unpaired) electrons. The van der Waals surface area contributed by atoms with Crippen LogP contribution in [0.1, 0.15) is 31.4 Å². The predicted molar refractivity (Wildman–Crippen MR) is 72.0 cm³/mol. The molecule has 17 heavy (non-hydrogen) atoms. The number of nitrogens with one attached hydrogen (secondary N) is 1. The molecule has 0 saturated heterocycles. The average Bonchev–Trinajstić information content (AvgIpc) is 2.22. The summed E-state index contributed by atoms with van der Waals surface area (Å²) in [4.78, 5) is 11.8. The van der Waals surface area contributed by atoms with Gasteiger partial charge in [-0.3, -0.25) is 4.79 Å². The van der Waals surface area contributed by atoms with E-state index in [4.69, 9.17) is 5.73 Å². The fourth-order valence-corrected chi connectivity index (χ4v) is 1.60. The molecule has 1 aromatic carbocycles. The Balaban J connectivity index is 2.62. The molecular formula is C14H22N2O. The Morgan fingerprint density at radius 2 is 2.00 bits per heavy atom. The molecule has 1 amide bonds. The van der Waals surface area contributed by atoms with Crippen molar-refractivity contribution in [3.63, 3.8) is 0 Å². The molecule has 3 nitrogen and oxygen atoms in total. The van der Waals surface area contributed by atoms with Gasteiger partial charge in [0.05, 0.1) is 0 Å². The molecule has 0 aromatic heterocycles. The SMILES string of the molecule is Cc1ccc(NC(=O)CC(N)C(C)C)c(C)c1. The maximum atomic E-state index is 11.8. The lowest BCUT2D eigenvalue weighted by Gasteiger charge is -2.15. The highest BCUT2D eigenvalue weighted by Gasteiger charge is 2.13. The van der Waals surface area contributed by atoms with E-state index in [0.29, 0.717) is 12.3 Å². The third-order valence-electron chi connectivity index (χ3n) is 2.93. The summed E-state index contributed by atoms with van der Waals surface area (Å²) in [5, 5.41) is 2.90. The summed E-state index contributed by atoms with van der Waals surface area (Å²) < 4.78 is 0. The molecule has 0 aliphatic carbocycles. The molecule has 0 aliphatic rings. The number of aryl methyl sites for hydroxylation is 2. The Bertz CT molecular complexity index is 399. The summed E-state index contributed by atoms with van der Waals surface area (Å²) in [6, 6.07) is 5.90. The first kappa shape index (κ1) is 13.7. The van der Waals surface area contributed by atoms with E-state index in [1.807, 2.05) is 39.8 Å². The summed E-state index contributed by atoms with van der Waals surface area (Å²) in [5.41, 5.74) is 9.02. The van der Waals surface area contributed by atoms with Gasteiger partial charge >= 0.3 is 0 Å². The molecule has 0 spiro atoms. The van der Waals surface area contributed by atoms with Crippen molar-refractivity contribution in [3.05, 3.63) is 29.3 Å². The lowest BCUT2D eigenvalue weighted by molar-refractivity contribution is -0.116. The van der Waals surface area contributed by atoms with Gasteiger partial charge in [-0.25, -0.2) is 0 Å². The molecule has 0 fully saturated rings. The number of amides is 1. The van der Waals surface area contributed by atoms with E-state index in [9.17, 15) is 4.79 Å². The molecule has 0 saturated carbocycles. The maximum Gasteiger partial charge on any atom is 0.225 e. The largest absolute Gasteiger partial charge is 0.327 e. The molecule has 0 aliphatic heterocycles. The number of benzene rings is 1. The Labute approximate surface area is 103 Å². The molecule has 1 atom stereocenters. The zero-order valence-corrected chi connectivity index (χ0v) is 11.1. The Morgan fingerprint density at radius 3 is 2.53 bits per heavy atom. The summed E-state index contributed by atoms with van der Waals surface area (Å²) >= 11 is 0. The molecule has 1 aromatic rings. The minimum atomic E-state index is -0.0826. The molecule has 1 unspecified atom stereocenters. The van der Waals surface area contributed by atoms with Crippen molar-refractivity contribution in [3.8, 4) is 0 Å². The molecular weight excluding hydrogens is 212 g/mol. The van der Waals surface area contributed by atoms with E-state index >= 15 is 0 Å². The highest BCUT2D eigenvalue weighted by atomic mass is 16.1. The number of carbonyl (C=O) groups excluding carboxylic acids is 1. The van der Waals surface area contributed by atoms with Crippen molar-refractivity contribution < 1.29 is 4.79 Å². The predicted octanol–water partition coefficient (Wildman–Crippen LogP) is 2.62. The normalized spacial score (nSPS) is 12.6. The van der Waals surface area contributed by atoms with Gasteiger partial charge in [-0.05, 0) is 31.4 Å². The third-order valence-corrected chi connectivity index (χ3v) is 2.93. The molecule has 0 bridgehead atoms. The van der Waals surface area contributed by atoms with E-state index in [-0.39, 0.29) is 11.9 Å². The Kier molecular flexibility index (Phi) is 4.70. The van der Waals surface area contributed by atoms with Crippen molar-refractivity contribution in [2.24, 2.45) is 11.7 Å². The maximum absolute atomic E-state index is 11.8. The van der Waals surface area contributed by atoms with Crippen molar-refractivity contribution >= 4 is 11.6 Å². The van der Waals surface area contributed by atoms with Crippen LogP contribution in [-0.4, -0.2) is 11.9 Å². The summed E-state index contributed by atoms with van der Waals surface area (Å²) in [6.07, 6.45) is 0.366. The summed E-state index contributed by atoms with van der Waals surface area (Å²) in [6.45, 7) is 8.07. The van der Waals surface area contributed by atoms with Crippen LogP contribution in [0, 0.1) is 19.8 Å². The Morgan fingerprint density at radius 1 is 1.35 bits per heavy atom. The van der Waals surface area contributed by atoms with Crippen LogP contribution in [0.2, 0.25) is 0 Å². The lowest BCUT2D eigenvalue weighted by atomic mass is 10.0. The lowest BCUT2D eigenvalue weighted by Crippen LogP contribution is -2.31. The van der Waals surface area contributed by atoms with Gasteiger partial charge in [0.15, 0.2) is 0 Å². The van der Waals surface area contributed by atoms with Gasteiger partial charge in [-0.1, -0.05) is 31.5 Å². The third kappa shape index (κ3) is 4.19. The van der Waals surface area contributed by atoms with Crippen LogP contribution in [-0.2, 0) is 4.79 Å². The quantitative estimate of drug-likeness (QED) is 0.841. The standard InChI is InChI=1S/C14H22N2O/c1-9(2)12(15)8-14(17)16-13-6-5-10(3)7-11(13)4/h5-7,9,12H,8,15H2,1-4H3,(H,16,17). The van der Waals surface area contributed by atoms with Gasteiger partial charge in [-0.15, -0.1) is 0 Å². The van der Waals surface area contributed by atoms with Gasteiger partial charge in [0.25, 0.3) is 0 Å². The zero-order valence-electron chi connectivity index (χ0n) is 11.1. The first-order valence-electron chi connectivity index (χ1n) is 6.03. The van der Waals surface area contributed by atoms with Gasteiger partial charge in [0.2, 0.25) is 5.91 Å². The first-order chi connectivity index (χ1) is 7.90. The Hall–Kier alpha value is -1.35. The first-order valence-corrected chi connectivity index (χ1v) is 6.03. The highest BCUT2D eigenvalue weighted by molar-refractivity contribution is 5.91. The molecule has 1 rings (SSSR count). The average molecular weight is 234 g/mol. The summed E-state index contributed by atoms with van der Waals surface area (Å²) in [5.74, 6) is 0.304. The van der Waals surface area contributed by atoms with Gasteiger partial charge in [0.1, 0.15) is 0 Å². The van der Waals surface area contributed by atoms with Crippen molar-refractivity contribution in [2.75, 3.05) is 5.32 Å². The van der Waals surface area contributed by atoms with E-state index < -0.39 is 0 Å². The highest BCUT2D eigenvalue weighted by Crippen LogP contribution is 2.16. The van der Waals surface area contributed by atoms with Crippen LogP contribution in [0.25, 0.3) is 0 Å². The van der Waals surface area contributed by atoms with Crippen LogP contribution in [0.5, 0.6) is 0 Å². The van der Waals surface area contributed by atoms with E-state index in [2.05, 4.69) is 11.4 Å². The number of hydrogen-bond acceptors (Lipinski definition) is 2. The van der Waals surface area contributed by atoms with Crippen molar-refractivity contribution in [1.82, 2.24) is 0 Å². The van der Waals surface area contributed by atoms with Crippen LogP contribution in [0.15, 0.2) is 18.2 Å². The fraction of sp³-hybridized carbons (Fsp3) is 0.500. The monoisotopic (exact) mass is 234 g/mol. The van der Waals surface area contributed by atoms with E-state index in [0.717, 1.165) is 11.3 Å². The van der Waals surface area contributed by atoms with Crippen molar-refractivity contribution in [1.29, 1.82) is 0 Å². The zero-order chi connectivity index (χ0) is 13.0. The topological polar surface area (TPSA) is 55.1 Å². The smallest absolute Gasteiger partial charge is 0.225 e. The van der Waals surface area contributed by atoms with Gasteiger partial charge < -0.3 is 11.1 Å². The number of nitrogens with two attached hydrogens (primary N) is 1. The van der Waals surface area contributed by atoms with Gasteiger partial charge in [-0.2, -0.15) is 0 Å². The molecule has 3 N–H and O–H groups in total. The second-order valence-corrected chi connectivity index (χ2v) is 4.98. The van der Waals surface area contributed by atoms with Crippen LogP contribution in [0.4, 0.5) is 5.69 Å².